The molecule has 0 spiro atoms. The summed E-state index contributed by atoms with van der Waals surface area (Å²) in [6, 6.07) is 27.3. The Balaban J connectivity index is 1.47. The van der Waals surface area contributed by atoms with Crippen molar-refractivity contribution in [3.05, 3.63) is 90.0 Å². The minimum Gasteiger partial charge on any atom is -0.497 e. The summed E-state index contributed by atoms with van der Waals surface area (Å²) in [5.41, 5.74) is 4.90. The molecule has 0 radical (unpaired) electrons. The zero-order valence-electron chi connectivity index (χ0n) is 16.3. The van der Waals surface area contributed by atoms with E-state index in [-0.39, 0.29) is 6.04 Å². The zero-order chi connectivity index (χ0) is 19.8. The second kappa shape index (κ2) is 9.90. The van der Waals surface area contributed by atoms with Crippen LogP contribution < -0.4 is 15.4 Å². The Morgan fingerprint density at radius 1 is 0.893 bits per heavy atom. The highest BCUT2D eigenvalue weighted by atomic mass is 32.1. The molecule has 0 saturated carbocycles. The van der Waals surface area contributed by atoms with E-state index in [0.717, 1.165) is 18.7 Å². The summed E-state index contributed by atoms with van der Waals surface area (Å²) in [4.78, 5) is 0. The molecular weight excluding hydrogens is 364 g/mol. The summed E-state index contributed by atoms with van der Waals surface area (Å²) in [5.74, 6) is 0.876. The van der Waals surface area contributed by atoms with Gasteiger partial charge in [-0.1, -0.05) is 66.7 Å². The van der Waals surface area contributed by atoms with Crippen LogP contribution in [0.4, 0.5) is 0 Å². The molecule has 0 aliphatic heterocycles. The first-order chi connectivity index (χ1) is 13.7. The second-order valence-electron chi connectivity index (χ2n) is 6.71. The fourth-order valence-corrected chi connectivity index (χ4v) is 3.32. The molecule has 0 aromatic heterocycles. The SMILES string of the molecule is COc1ccc(CCNC(=S)NC(C)c2ccc(-c3ccccc3)cc2)cc1. The second-order valence-corrected chi connectivity index (χ2v) is 7.12. The number of benzene rings is 3. The van der Waals surface area contributed by atoms with E-state index in [4.69, 9.17) is 17.0 Å². The van der Waals surface area contributed by atoms with Gasteiger partial charge in [0.05, 0.1) is 13.2 Å². The third-order valence-electron chi connectivity index (χ3n) is 4.72. The van der Waals surface area contributed by atoms with Gasteiger partial charge in [-0.3, -0.25) is 0 Å². The van der Waals surface area contributed by atoms with Gasteiger partial charge in [0.25, 0.3) is 0 Å². The van der Waals surface area contributed by atoms with E-state index in [0.29, 0.717) is 5.11 Å². The van der Waals surface area contributed by atoms with Crippen LogP contribution in [0, 0.1) is 0 Å². The molecule has 1 unspecified atom stereocenters. The van der Waals surface area contributed by atoms with Crippen molar-refractivity contribution in [3.63, 3.8) is 0 Å². The van der Waals surface area contributed by atoms with E-state index in [2.05, 4.69) is 78.2 Å². The van der Waals surface area contributed by atoms with Crippen molar-refractivity contribution in [2.75, 3.05) is 13.7 Å². The number of ether oxygens (including phenoxy) is 1. The van der Waals surface area contributed by atoms with Crippen molar-refractivity contribution in [3.8, 4) is 16.9 Å². The van der Waals surface area contributed by atoms with Crippen molar-refractivity contribution >= 4 is 17.3 Å². The van der Waals surface area contributed by atoms with Crippen LogP contribution in [0.1, 0.15) is 24.1 Å². The fraction of sp³-hybridized carbons (Fsp3) is 0.208. The Hall–Kier alpha value is -2.85. The van der Waals surface area contributed by atoms with E-state index >= 15 is 0 Å². The Morgan fingerprint density at radius 3 is 2.18 bits per heavy atom. The Kier molecular flexibility index (Phi) is 7.04. The normalized spacial score (nSPS) is 11.5. The lowest BCUT2D eigenvalue weighted by molar-refractivity contribution is 0.414. The monoisotopic (exact) mass is 390 g/mol. The van der Waals surface area contributed by atoms with Gasteiger partial charge in [0.15, 0.2) is 5.11 Å². The van der Waals surface area contributed by atoms with E-state index in [1.54, 1.807) is 7.11 Å². The molecule has 0 fully saturated rings. The van der Waals surface area contributed by atoms with E-state index < -0.39 is 0 Å². The maximum Gasteiger partial charge on any atom is 0.166 e. The van der Waals surface area contributed by atoms with Crippen LogP contribution in [0.25, 0.3) is 11.1 Å². The first-order valence-corrected chi connectivity index (χ1v) is 9.89. The number of thiocarbonyl (C=S) groups is 1. The summed E-state index contributed by atoms with van der Waals surface area (Å²) in [6.07, 6.45) is 0.909. The van der Waals surface area contributed by atoms with Gasteiger partial charge in [-0.15, -0.1) is 0 Å². The molecule has 4 heteroatoms. The third kappa shape index (κ3) is 5.57. The molecule has 1 atom stereocenters. The molecule has 2 N–H and O–H groups in total. The largest absolute Gasteiger partial charge is 0.497 e. The Labute approximate surface area is 172 Å². The highest BCUT2D eigenvalue weighted by molar-refractivity contribution is 7.80. The molecule has 3 nitrogen and oxygen atoms in total. The average Bonchev–Trinajstić information content (AvgIpc) is 2.75. The van der Waals surface area contributed by atoms with E-state index in [1.165, 1.54) is 22.3 Å². The van der Waals surface area contributed by atoms with Crippen LogP contribution in [0.3, 0.4) is 0 Å². The molecule has 0 bridgehead atoms. The lowest BCUT2D eigenvalue weighted by atomic mass is 10.0. The minimum absolute atomic E-state index is 0.144. The van der Waals surface area contributed by atoms with Gasteiger partial charge < -0.3 is 15.4 Å². The lowest BCUT2D eigenvalue weighted by Crippen LogP contribution is -2.37. The predicted molar refractivity (Wildman–Crippen MR) is 121 cm³/mol. The summed E-state index contributed by atoms with van der Waals surface area (Å²) < 4.78 is 5.18. The van der Waals surface area contributed by atoms with Crippen LogP contribution in [0.15, 0.2) is 78.9 Å². The van der Waals surface area contributed by atoms with Crippen molar-refractivity contribution in [1.82, 2.24) is 10.6 Å². The zero-order valence-corrected chi connectivity index (χ0v) is 17.1. The number of hydrogen-bond donors (Lipinski definition) is 2. The van der Waals surface area contributed by atoms with Crippen molar-refractivity contribution in [2.45, 2.75) is 19.4 Å². The summed E-state index contributed by atoms with van der Waals surface area (Å²) in [7, 11) is 1.68. The number of nitrogens with one attached hydrogen (secondary N) is 2. The lowest BCUT2D eigenvalue weighted by Gasteiger charge is -2.18. The molecule has 0 aliphatic carbocycles. The molecule has 0 heterocycles. The molecule has 3 rings (SSSR count). The van der Waals surface area contributed by atoms with Crippen molar-refractivity contribution < 1.29 is 4.74 Å². The van der Waals surface area contributed by atoms with Crippen molar-refractivity contribution in [2.24, 2.45) is 0 Å². The van der Waals surface area contributed by atoms with Crippen molar-refractivity contribution in [1.29, 1.82) is 0 Å². The molecule has 0 amide bonds. The molecule has 0 saturated heterocycles. The fourth-order valence-electron chi connectivity index (χ4n) is 3.04. The standard InChI is InChI=1S/C24H26N2OS/c1-18(20-10-12-22(13-11-20)21-6-4-3-5-7-21)26-24(28)25-17-16-19-8-14-23(27-2)15-9-19/h3-15,18H,16-17H2,1-2H3,(H2,25,26,28). The van der Waals surface area contributed by atoms with Gasteiger partial charge >= 0.3 is 0 Å². The van der Waals surface area contributed by atoms with Crippen LogP contribution in [-0.2, 0) is 6.42 Å². The Bertz CT molecular complexity index is 877. The van der Waals surface area contributed by atoms with Gasteiger partial charge in [-0.05, 0) is 59.9 Å². The first kappa shape index (κ1) is 19.9. The molecule has 144 valence electrons. The smallest absolute Gasteiger partial charge is 0.166 e. The summed E-state index contributed by atoms with van der Waals surface area (Å²) >= 11 is 5.45. The molecule has 28 heavy (non-hydrogen) atoms. The van der Waals surface area contributed by atoms with Gasteiger partial charge in [-0.2, -0.15) is 0 Å². The molecule has 3 aromatic rings. The summed E-state index contributed by atoms with van der Waals surface area (Å²) in [5, 5.41) is 7.32. The summed E-state index contributed by atoms with van der Waals surface area (Å²) in [6.45, 7) is 2.91. The highest BCUT2D eigenvalue weighted by Gasteiger charge is 2.07. The topological polar surface area (TPSA) is 33.3 Å². The van der Waals surface area contributed by atoms with E-state index in [9.17, 15) is 0 Å². The van der Waals surface area contributed by atoms with E-state index in [1.807, 2.05) is 18.2 Å². The number of methoxy groups -OCH3 is 1. The van der Waals surface area contributed by atoms with Gasteiger partial charge in [-0.25, -0.2) is 0 Å². The minimum atomic E-state index is 0.144. The maximum absolute atomic E-state index is 5.45. The first-order valence-electron chi connectivity index (χ1n) is 9.48. The van der Waals surface area contributed by atoms with Gasteiger partial charge in [0.1, 0.15) is 5.75 Å². The highest BCUT2D eigenvalue weighted by Crippen LogP contribution is 2.21. The maximum atomic E-state index is 5.45. The average molecular weight is 391 g/mol. The molecule has 3 aromatic carbocycles. The van der Waals surface area contributed by atoms with Crippen LogP contribution in [-0.4, -0.2) is 18.8 Å². The number of rotatable bonds is 7. The van der Waals surface area contributed by atoms with Crippen LogP contribution in [0.2, 0.25) is 0 Å². The predicted octanol–water partition coefficient (Wildman–Crippen LogP) is 5.13. The number of hydrogen-bond acceptors (Lipinski definition) is 2. The van der Waals surface area contributed by atoms with Gasteiger partial charge in [0, 0.05) is 6.54 Å². The Morgan fingerprint density at radius 2 is 1.54 bits per heavy atom. The van der Waals surface area contributed by atoms with Crippen LogP contribution in [0.5, 0.6) is 5.75 Å². The molecular formula is C24H26N2OS. The van der Waals surface area contributed by atoms with Gasteiger partial charge in [0.2, 0.25) is 0 Å². The third-order valence-corrected chi connectivity index (χ3v) is 4.99. The van der Waals surface area contributed by atoms with Crippen LogP contribution >= 0.6 is 12.2 Å². The molecule has 0 aliphatic rings. The quantitative estimate of drug-likeness (QED) is 0.548.